The Balaban J connectivity index is 1.56. The predicted molar refractivity (Wildman–Crippen MR) is 107 cm³/mol. The summed E-state index contributed by atoms with van der Waals surface area (Å²) >= 11 is 1.67. The van der Waals surface area contributed by atoms with Crippen molar-refractivity contribution in [1.82, 2.24) is 24.7 Å². The van der Waals surface area contributed by atoms with Crippen molar-refractivity contribution in [3.63, 3.8) is 0 Å². The number of thiophene rings is 1. The predicted octanol–water partition coefficient (Wildman–Crippen LogP) is 4.15. The normalized spacial score (nSPS) is 15.6. The van der Waals surface area contributed by atoms with Crippen molar-refractivity contribution in [2.45, 2.75) is 32.7 Å². The molecule has 27 heavy (non-hydrogen) atoms. The molecule has 0 saturated carbocycles. The van der Waals surface area contributed by atoms with Gasteiger partial charge in [0.2, 0.25) is 5.95 Å². The van der Waals surface area contributed by atoms with Crippen molar-refractivity contribution < 1.29 is 4.74 Å². The van der Waals surface area contributed by atoms with Crippen molar-refractivity contribution in [3.8, 4) is 0 Å². The van der Waals surface area contributed by atoms with E-state index < -0.39 is 0 Å². The molecule has 4 aromatic heterocycles. The molecule has 8 heteroatoms. The maximum atomic E-state index is 5.50. The summed E-state index contributed by atoms with van der Waals surface area (Å²) in [6.45, 7) is 5.64. The van der Waals surface area contributed by atoms with Gasteiger partial charge in [-0.1, -0.05) is 0 Å². The fourth-order valence-corrected chi connectivity index (χ4v) is 4.57. The third-order valence-electron chi connectivity index (χ3n) is 5.05. The highest BCUT2D eigenvalue weighted by molar-refractivity contribution is 7.19. The number of nitrogens with one attached hydrogen (secondary N) is 1. The van der Waals surface area contributed by atoms with Gasteiger partial charge in [-0.05, 0) is 38.8 Å². The van der Waals surface area contributed by atoms with E-state index in [9.17, 15) is 0 Å². The number of pyridine rings is 1. The van der Waals surface area contributed by atoms with Gasteiger partial charge in [0.25, 0.3) is 0 Å². The SMILES string of the molecule is Cc1sc2ncccc2c1Nc1ncc2c(C)nn(C3CCOCC3)c2n1. The van der Waals surface area contributed by atoms with E-state index >= 15 is 0 Å². The molecule has 5 rings (SSSR count). The molecule has 5 heterocycles. The average Bonchev–Trinajstić information content (AvgIpc) is 3.19. The number of hydrogen-bond donors (Lipinski definition) is 1. The molecule has 0 aromatic carbocycles. The standard InChI is InChI=1S/C19H20N6OS/c1-11-15-10-21-19(22-16-12(2)27-18-14(16)4-3-7-20-18)23-17(15)25(24-11)13-5-8-26-9-6-13/h3-4,7,10,13H,5-6,8-9H2,1-2H3,(H,21,22,23). The van der Waals surface area contributed by atoms with Gasteiger partial charge in [-0.15, -0.1) is 11.3 Å². The molecule has 138 valence electrons. The zero-order valence-corrected chi connectivity index (χ0v) is 16.1. The number of aromatic nitrogens is 5. The average molecular weight is 380 g/mol. The van der Waals surface area contributed by atoms with Crippen LogP contribution in [0.4, 0.5) is 11.6 Å². The summed E-state index contributed by atoms with van der Waals surface area (Å²) < 4.78 is 7.55. The molecule has 4 aromatic rings. The lowest BCUT2D eigenvalue weighted by Crippen LogP contribution is -2.20. The molecule has 1 aliphatic rings. The maximum Gasteiger partial charge on any atom is 0.229 e. The van der Waals surface area contributed by atoms with E-state index in [2.05, 4.69) is 33.0 Å². The van der Waals surface area contributed by atoms with Crippen LogP contribution < -0.4 is 5.32 Å². The largest absolute Gasteiger partial charge is 0.381 e. The van der Waals surface area contributed by atoms with Crippen molar-refractivity contribution >= 4 is 44.2 Å². The Morgan fingerprint density at radius 3 is 2.89 bits per heavy atom. The lowest BCUT2D eigenvalue weighted by molar-refractivity contribution is 0.0672. The smallest absolute Gasteiger partial charge is 0.229 e. The van der Waals surface area contributed by atoms with E-state index in [1.165, 1.54) is 4.88 Å². The van der Waals surface area contributed by atoms with E-state index in [0.29, 0.717) is 12.0 Å². The molecule has 0 bridgehead atoms. The van der Waals surface area contributed by atoms with Gasteiger partial charge in [0.15, 0.2) is 5.65 Å². The Morgan fingerprint density at radius 2 is 2.04 bits per heavy atom. The van der Waals surface area contributed by atoms with Gasteiger partial charge in [-0.3, -0.25) is 0 Å². The van der Waals surface area contributed by atoms with E-state index in [0.717, 1.165) is 58.7 Å². The number of rotatable bonds is 3. The van der Waals surface area contributed by atoms with E-state index in [-0.39, 0.29) is 0 Å². The van der Waals surface area contributed by atoms with Crippen LogP contribution >= 0.6 is 11.3 Å². The first kappa shape index (κ1) is 16.6. The minimum absolute atomic E-state index is 0.325. The van der Waals surface area contributed by atoms with Crippen molar-refractivity contribution in [3.05, 3.63) is 35.1 Å². The minimum atomic E-state index is 0.325. The summed E-state index contributed by atoms with van der Waals surface area (Å²) in [5.41, 5.74) is 2.87. The fourth-order valence-electron chi connectivity index (χ4n) is 3.63. The molecule has 1 saturated heterocycles. The zero-order valence-electron chi connectivity index (χ0n) is 15.3. The lowest BCUT2D eigenvalue weighted by atomic mass is 10.1. The molecule has 0 aliphatic carbocycles. The van der Waals surface area contributed by atoms with Crippen LogP contribution in [0, 0.1) is 13.8 Å². The first-order valence-corrected chi connectivity index (χ1v) is 9.93. The topological polar surface area (TPSA) is 77.8 Å². The van der Waals surface area contributed by atoms with Gasteiger partial charge in [0, 0.05) is 35.9 Å². The van der Waals surface area contributed by atoms with Crippen LogP contribution in [0.5, 0.6) is 0 Å². The summed E-state index contributed by atoms with van der Waals surface area (Å²) in [5, 5.41) is 10.2. The van der Waals surface area contributed by atoms with Crippen LogP contribution in [-0.2, 0) is 4.74 Å². The first-order valence-electron chi connectivity index (χ1n) is 9.11. The molecular formula is C19H20N6OS. The molecule has 1 N–H and O–H groups in total. The van der Waals surface area contributed by atoms with Gasteiger partial charge in [-0.25, -0.2) is 14.6 Å². The molecule has 7 nitrogen and oxygen atoms in total. The van der Waals surface area contributed by atoms with E-state index in [4.69, 9.17) is 14.8 Å². The van der Waals surface area contributed by atoms with Gasteiger partial charge in [-0.2, -0.15) is 10.1 Å². The highest BCUT2D eigenvalue weighted by Gasteiger charge is 2.21. The van der Waals surface area contributed by atoms with Crippen molar-refractivity contribution in [1.29, 1.82) is 0 Å². The molecule has 0 unspecified atom stereocenters. The maximum absolute atomic E-state index is 5.50. The van der Waals surface area contributed by atoms with Crippen LogP contribution in [0.3, 0.4) is 0 Å². The Morgan fingerprint density at radius 1 is 1.19 bits per heavy atom. The van der Waals surface area contributed by atoms with Gasteiger partial charge >= 0.3 is 0 Å². The highest BCUT2D eigenvalue weighted by Crippen LogP contribution is 2.35. The Hall–Kier alpha value is -2.58. The van der Waals surface area contributed by atoms with E-state index in [1.54, 1.807) is 11.3 Å². The molecule has 0 radical (unpaired) electrons. The van der Waals surface area contributed by atoms with Gasteiger partial charge < -0.3 is 10.1 Å². The lowest BCUT2D eigenvalue weighted by Gasteiger charge is -2.22. The second-order valence-corrected chi connectivity index (χ2v) is 8.02. The van der Waals surface area contributed by atoms with Crippen LogP contribution in [0.25, 0.3) is 21.3 Å². The zero-order chi connectivity index (χ0) is 18.4. The summed E-state index contributed by atoms with van der Waals surface area (Å²) in [6, 6.07) is 4.35. The van der Waals surface area contributed by atoms with Crippen molar-refractivity contribution in [2.75, 3.05) is 18.5 Å². The van der Waals surface area contributed by atoms with E-state index in [1.807, 2.05) is 25.4 Å². The van der Waals surface area contributed by atoms with Crippen LogP contribution in [0.1, 0.15) is 29.5 Å². The molecule has 1 aliphatic heterocycles. The number of anilines is 2. The third-order valence-corrected chi connectivity index (χ3v) is 6.08. The molecule has 1 fully saturated rings. The number of aryl methyl sites for hydroxylation is 2. The van der Waals surface area contributed by atoms with Crippen LogP contribution in [0.15, 0.2) is 24.5 Å². The van der Waals surface area contributed by atoms with Crippen LogP contribution in [0.2, 0.25) is 0 Å². The molecule has 0 atom stereocenters. The summed E-state index contributed by atoms with van der Waals surface area (Å²) in [6.07, 6.45) is 5.61. The van der Waals surface area contributed by atoms with Gasteiger partial charge in [0.05, 0.1) is 22.8 Å². The first-order chi connectivity index (χ1) is 13.2. The Kier molecular flexibility index (Phi) is 4.02. The summed E-state index contributed by atoms with van der Waals surface area (Å²) in [7, 11) is 0. The molecule has 0 spiro atoms. The minimum Gasteiger partial charge on any atom is -0.381 e. The summed E-state index contributed by atoms with van der Waals surface area (Å²) in [4.78, 5) is 16.0. The Bertz CT molecular complexity index is 1130. The number of hydrogen-bond acceptors (Lipinski definition) is 7. The van der Waals surface area contributed by atoms with Crippen LogP contribution in [-0.4, -0.2) is 37.9 Å². The molecule has 0 amide bonds. The number of nitrogens with zero attached hydrogens (tertiary/aromatic N) is 5. The molecular weight excluding hydrogens is 360 g/mol. The number of fused-ring (bicyclic) bond motifs is 2. The second-order valence-electron chi connectivity index (χ2n) is 6.82. The third kappa shape index (κ3) is 2.85. The van der Waals surface area contributed by atoms with Crippen molar-refractivity contribution in [2.24, 2.45) is 0 Å². The summed E-state index contributed by atoms with van der Waals surface area (Å²) in [5.74, 6) is 0.586. The highest BCUT2D eigenvalue weighted by atomic mass is 32.1. The second kappa shape index (κ2) is 6.54. The quantitative estimate of drug-likeness (QED) is 0.575. The number of ether oxygens (including phenoxy) is 1. The van der Waals surface area contributed by atoms with Gasteiger partial charge in [0.1, 0.15) is 4.83 Å². The monoisotopic (exact) mass is 380 g/mol. The Labute approximate surface area is 160 Å². The fraction of sp³-hybridized carbons (Fsp3) is 0.368.